The Hall–Kier alpha value is -4.42. The Morgan fingerprint density at radius 2 is 1.61 bits per heavy atom. The number of rotatable bonds is 7. The molecule has 5 rings (SSSR count). The van der Waals surface area contributed by atoms with Gasteiger partial charge < -0.3 is 14.6 Å². The molecule has 5 aromatic rings. The lowest BCUT2D eigenvalue weighted by atomic mass is 10.0. The number of hydrogen-bond donors (Lipinski definition) is 1. The van der Waals surface area contributed by atoms with E-state index >= 15 is 0 Å². The summed E-state index contributed by atoms with van der Waals surface area (Å²) in [7, 11) is 1.74. The van der Waals surface area contributed by atoms with E-state index in [1.807, 2.05) is 54.6 Å². The molecule has 0 aliphatic rings. The van der Waals surface area contributed by atoms with E-state index in [1.54, 1.807) is 52.9 Å². The predicted octanol–water partition coefficient (Wildman–Crippen LogP) is 7.05. The highest BCUT2D eigenvalue weighted by atomic mass is 35.5. The molecule has 0 radical (unpaired) electrons. The van der Waals surface area contributed by atoms with E-state index in [1.165, 1.54) is 6.07 Å². The van der Waals surface area contributed by atoms with Crippen molar-refractivity contribution in [2.24, 2.45) is 0 Å². The third-order valence-corrected chi connectivity index (χ3v) is 6.81. The van der Waals surface area contributed by atoms with Crippen molar-refractivity contribution in [3.8, 4) is 11.1 Å². The molecule has 0 atom stereocenters. The summed E-state index contributed by atoms with van der Waals surface area (Å²) in [6, 6.07) is 28.1. The molecule has 5 nitrogen and oxygen atoms in total. The minimum absolute atomic E-state index is 0.0299. The third kappa shape index (κ3) is 4.91. The van der Waals surface area contributed by atoms with Gasteiger partial charge in [0.05, 0.1) is 6.42 Å². The Morgan fingerprint density at radius 3 is 2.34 bits per heavy atom. The summed E-state index contributed by atoms with van der Waals surface area (Å²) < 4.78 is 16.5. The van der Waals surface area contributed by atoms with Gasteiger partial charge in [0, 0.05) is 46.3 Å². The number of likely N-dealkylation sites (N-methyl/N-ethyl adjacent to an activating group) is 1. The van der Waals surface area contributed by atoms with E-state index in [-0.39, 0.29) is 35.7 Å². The van der Waals surface area contributed by atoms with Gasteiger partial charge in [-0.2, -0.15) is 0 Å². The number of carbonyl (C=O) groups excluding carboxylic acids is 1. The number of carboxylic acids is 1. The number of aromatic nitrogens is 1. The van der Waals surface area contributed by atoms with E-state index in [4.69, 9.17) is 11.6 Å². The van der Waals surface area contributed by atoms with Crippen LogP contribution in [0.25, 0.3) is 22.0 Å². The zero-order chi connectivity index (χ0) is 26.8. The van der Waals surface area contributed by atoms with Crippen molar-refractivity contribution < 1.29 is 19.1 Å². The number of hydrogen-bond acceptors (Lipinski definition) is 2. The van der Waals surface area contributed by atoms with E-state index in [0.29, 0.717) is 15.9 Å². The Labute approximate surface area is 224 Å². The zero-order valence-electron chi connectivity index (χ0n) is 20.6. The summed E-state index contributed by atoms with van der Waals surface area (Å²) in [5, 5.41) is 11.2. The van der Waals surface area contributed by atoms with Gasteiger partial charge in [0.15, 0.2) is 0 Å². The minimum atomic E-state index is -1.17. The summed E-state index contributed by atoms with van der Waals surface area (Å²) in [4.78, 5) is 27.1. The van der Waals surface area contributed by atoms with E-state index < -0.39 is 11.8 Å². The van der Waals surface area contributed by atoms with E-state index in [0.717, 1.165) is 16.8 Å². The number of anilines is 1. The fraction of sp³-hybridized carbons (Fsp3) is 0.0968. The summed E-state index contributed by atoms with van der Waals surface area (Å²) in [6.45, 7) is 0.213. The molecule has 0 aliphatic heterocycles. The van der Waals surface area contributed by atoms with Crippen LogP contribution in [0, 0.1) is 5.82 Å². The highest BCUT2D eigenvalue weighted by molar-refractivity contribution is 6.31. The van der Waals surface area contributed by atoms with Crippen LogP contribution >= 0.6 is 11.6 Å². The van der Waals surface area contributed by atoms with Crippen LogP contribution in [0.1, 0.15) is 21.6 Å². The normalized spacial score (nSPS) is 11.0. The average Bonchev–Trinajstić information content (AvgIpc) is 3.22. The maximum Gasteiger partial charge on any atom is 0.353 e. The molecule has 0 aliphatic carbocycles. The quantitative estimate of drug-likeness (QED) is 0.247. The van der Waals surface area contributed by atoms with Gasteiger partial charge in [-0.3, -0.25) is 4.79 Å². The number of amides is 1. The molecule has 4 aromatic carbocycles. The number of fused-ring (bicyclic) bond motifs is 1. The highest BCUT2D eigenvalue weighted by Gasteiger charge is 2.25. The van der Waals surface area contributed by atoms with Crippen molar-refractivity contribution in [3.05, 3.63) is 125 Å². The van der Waals surface area contributed by atoms with Gasteiger partial charge in [0.25, 0.3) is 0 Å². The molecular formula is C31H24ClFN2O3. The summed E-state index contributed by atoms with van der Waals surface area (Å²) in [5.74, 6) is -1.76. The van der Waals surface area contributed by atoms with Gasteiger partial charge >= 0.3 is 5.97 Å². The number of halogens is 2. The molecule has 1 heterocycles. The molecule has 1 amide bonds. The molecule has 1 N–H and O–H groups in total. The van der Waals surface area contributed by atoms with Crippen LogP contribution in [0.3, 0.4) is 0 Å². The zero-order valence-corrected chi connectivity index (χ0v) is 21.3. The van der Waals surface area contributed by atoms with Gasteiger partial charge in [-0.1, -0.05) is 72.3 Å². The predicted molar refractivity (Wildman–Crippen MR) is 148 cm³/mol. The number of aromatic carboxylic acids is 1. The van der Waals surface area contributed by atoms with Crippen LogP contribution in [0.2, 0.25) is 5.02 Å². The summed E-state index contributed by atoms with van der Waals surface area (Å²) in [5.41, 5.74) is 3.49. The fourth-order valence-corrected chi connectivity index (χ4v) is 4.93. The van der Waals surface area contributed by atoms with Crippen LogP contribution in [0.4, 0.5) is 10.1 Å². The molecule has 38 heavy (non-hydrogen) atoms. The minimum Gasteiger partial charge on any atom is -0.477 e. The molecule has 0 saturated carbocycles. The highest BCUT2D eigenvalue weighted by Crippen LogP contribution is 2.38. The van der Waals surface area contributed by atoms with Crippen molar-refractivity contribution in [1.82, 2.24) is 4.57 Å². The Kier molecular flexibility index (Phi) is 6.99. The molecule has 0 spiro atoms. The Morgan fingerprint density at radius 1 is 0.895 bits per heavy atom. The number of carbonyl (C=O) groups is 2. The largest absolute Gasteiger partial charge is 0.477 e. The van der Waals surface area contributed by atoms with E-state index in [9.17, 15) is 19.1 Å². The first kappa shape index (κ1) is 25.2. The maximum atomic E-state index is 14.9. The Balaban J connectivity index is 1.54. The fourth-order valence-electron chi connectivity index (χ4n) is 4.76. The SMILES string of the molecule is CN(C(=O)Cc1cccc(Cn2c(C(=O)O)c(-c3ccccc3F)c3cc(Cl)ccc32)c1)c1ccccc1. The van der Waals surface area contributed by atoms with Crippen molar-refractivity contribution >= 4 is 40.1 Å². The lowest BCUT2D eigenvalue weighted by Crippen LogP contribution is -2.27. The van der Waals surface area contributed by atoms with Gasteiger partial charge in [-0.15, -0.1) is 0 Å². The molecule has 190 valence electrons. The second-order valence-corrected chi connectivity index (χ2v) is 9.48. The van der Waals surface area contributed by atoms with Gasteiger partial charge in [0.1, 0.15) is 11.5 Å². The first-order valence-electron chi connectivity index (χ1n) is 12.0. The first-order valence-corrected chi connectivity index (χ1v) is 12.4. The standard InChI is InChI=1S/C31H24ClFN2O3/c1-34(23-10-3-2-4-11-23)28(36)17-20-8-7-9-21(16-20)19-35-27-15-14-22(32)18-25(27)29(30(35)31(37)38)24-12-5-6-13-26(24)33/h2-16,18H,17,19H2,1H3,(H,37,38). The van der Waals surface area contributed by atoms with Crippen LogP contribution in [0.5, 0.6) is 0 Å². The lowest BCUT2D eigenvalue weighted by molar-refractivity contribution is -0.117. The van der Waals surface area contributed by atoms with Crippen LogP contribution in [0.15, 0.2) is 97.1 Å². The molecular weight excluding hydrogens is 503 g/mol. The van der Waals surface area contributed by atoms with Crippen molar-refractivity contribution in [2.75, 3.05) is 11.9 Å². The van der Waals surface area contributed by atoms with Crippen LogP contribution in [-0.2, 0) is 17.8 Å². The molecule has 7 heteroatoms. The molecule has 0 saturated heterocycles. The van der Waals surface area contributed by atoms with Crippen molar-refractivity contribution in [1.29, 1.82) is 0 Å². The number of carboxylic acid groups (broad SMARTS) is 1. The second kappa shape index (κ2) is 10.5. The van der Waals surface area contributed by atoms with Crippen molar-refractivity contribution in [2.45, 2.75) is 13.0 Å². The summed E-state index contributed by atoms with van der Waals surface area (Å²) >= 11 is 6.27. The topological polar surface area (TPSA) is 62.5 Å². The van der Waals surface area contributed by atoms with E-state index in [2.05, 4.69) is 0 Å². The molecule has 1 aromatic heterocycles. The molecule has 0 unspecified atom stereocenters. The number of para-hydroxylation sites is 1. The van der Waals surface area contributed by atoms with Gasteiger partial charge in [0.2, 0.25) is 5.91 Å². The lowest BCUT2D eigenvalue weighted by Gasteiger charge is -2.17. The monoisotopic (exact) mass is 526 g/mol. The third-order valence-electron chi connectivity index (χ3n) is 6.58. The average molecular weight is 527 g/mol. The Bertz CT molecular complexity index is 1660. The maximum absolute atomic E-state index is 14.9. The number of nitrogens with zero attached hydrogens (tertiary/aromatic N) is 2. The summed E-state index contributed by atoms with van der Waals surface area (Å²) in [6.07, 6.45) is 0.188. The van der Waals surface area contributed by atoms with Crippen molar-refractivity contribution in [3.63, 3.8) is 0 Å². The van der Waals surface area contributed by atoms with Gasteiger partial charge in [-0.05, 0) is 47.5 Å². The molecule has 0 fully saturated rings. The smallest absolute Gasteiger partial charge is 0.353 e. The van der Waals surface area contributed by atoms with Crippen LogP contribution < -0.4 is 4.90 Å². The molecule has 0 bridgehead atoms. The first-order chi connectivity index (χ1) is 18.3. The number of benzene rings is 4. The second-order valence-electron chi connectivity index (χ2n) is 9.04. The van der Waals surface area contributed by atoms with Crippen LogP contribution in [-0.4, -0.2) is 28.6 Å². The van der Waals surface area contributed by atoms with Gasteiger partial charge in [-0.25, -0.2) is 9.18 Å².